The first-order valence-electron chi connectivity index (χ1n) is 11.1. The molecular formula is C25H20Cl2N2O5. The summed E-state index contributed by atoms with van der Waals surface area (Å²) in [6, 6.07) is 10.7. The smallest absolute Gasteiger partial charge is 0.253 e. The third-order valence-electron chi connectivity index (χ3n) is 8.10. The van der Waals surface area contributed by atoms with Gasteiger partial charge in [-0.15, -0.1) is 23.2 Å². The maximum atomic E-state index is 13.5. The molecule has 0 unspecified atom stereocenters. The van der Waals surface area contributed by atoms with E-state index >= 15 is 0 Å². The van der Waals surface area contributed by atoms with E-state index in [1.165, 1.54) is 7.05 Å². The SMILES string of the molecule is CN1C(=O)[C@]2(Cl)C[C@@H]3C(=CC[C@@H]4C(=O)NC(=O)[C@@H]43)[C@H](c3ccc4ccccc4c3O)[C@]2(Cl)C1=O. The van der Waals surface area contributed by atoms with Gasteiger partial charge in [-0.2, -0.15) is 0 Å². The first-order valence-corrected chi connectivity index (χ1v) is 11.8. The number of phenols is 1. The number of imide groups is 2. The Morgan fingerprint density at radius 1 is 1.00 bits per heavy atom. The lowest BCUT2D eigenvalue weighted by Crippen LogP contribution is -2.60. The van der Waals surface area contributed by atoms with Gasteiger partial charge < -0.3 is 5.11 Å². The van der Waals surface area contributed by atoms with Crippen LogP contribution in [0.4, 0.5) is 0 Å². The summed E-state index contributed by atoms with van der Waals surface area (Å²) < 4.78 is 0. The van der Waals surface area contributed by atoms with Gasteiger partial charge in [-0.05, 0) is 24.1 Å². The second kappa shape index (κ2) is 6.83. The van der Waals surface area contributed by atoms with Gasteiger partial charge in [-0.1, -0.05) is 48.0 Å². The molecule has 2 aromatic rings. The number of halogens is 2. The van der Waals surface area contributed by atoms with Crippen LogP contribution in [0.25, 0.3) is 10.8 Å². The van der Waals surface area contributed by atoms with Gasteiger partial charge in [-0.3, -0.25) is 29.4 Å². The number of rotatable bonds is 1. The first kappa shape index (κ1) is 21.6. The Balaban J connectivity index is 1.64. The van der Waals surface area contributed by atoms with E-state index in [1.54, 1.807) is 18.2 Å². The number of hydrogen-bond acceptors (Lipinski definition) is 5. The van der Waals surface area contributed by atoms with Crippen LogP contribution in [0.15, 0.2) is 48.0 Å². The molecular weight excluding hydrogens is 479 g/mol. The molecule has 1 saturated carbocycles. The molecule has 0 spiro atoms. The minimum atomic E-state index is -1.91. The third-order valence-corrected chi connectivity index (χ3v) is 9.51. The predicted molar refractivity (Wildman–Crippen MR) is 124 cm³/mol. The minimum absolute atomic E-state index is 0.0624. The Labute approximate surface area is 204 Å². The summed E-state index contributed by atoms with van der Waals surface area (Å²) in [6.07, 6.45) is 2.06. The van der Waals surface area contributed by atoms with E-state index < -0.39 is 51.1 Å². The van der Waals surface area contributed by atoms with E-state index in [-0.39, 0.29) is 18.1 Å². The molecule has 2 aliphatic carbocycles. The number of allylic oxidation sites excluding steroid dienone is 2. The van der Waals surface area contributed by atoms with Crippen LogP contribution in [0.3, 0.4) is 0 Å². The number of hydrogen-bond donors (Lipinski definition) is 2. The summed E-state index contributed by atoms with van der Waals surface area (Å²) in [5.41, 5.74) is 1.01. The zero-order valence-corrected chi connectivity index (χ0v) is 19.6. The van der Waals surface area contributed by atoms with Crippen LogP contribution in [0.1, 0.15) is 24.3 Å². The highest BCUT2D eigenvalue weighted by Crippen LogP contribution is 2.65. The van der Waals surface area contributed by atoms with E-state index in [1.807, 2.05) is 24.3 Å². The normalized spacial score (nSPS) is 36.8. The van der Waals surface area contributed by atoms with Gasteiger partial charge in [-0.25, -0.2) is 0 Å². The summed E-state index contributed by atoms with van der Waals surface area (Å²) in [5.74, 6) is -4.98. The molecule has 3 fully saturated rings. The van der Waals surface area contributed by atoms with Crippen LogP contribution in [0.2, 0.25) is 0 Å². The number of nitrogens with one attached hydrogen (secondary N) is 1. The van der Waals surface area contributed by atoms with Crippen molar-refractivity contribution in [2.75, 3.05) is 7.05 Å². The number of carbonyl (C=O) groups is 4. The van der Waals surface area contributed by atoms with Gasteiger partial charge >= 0.3 is 0 Å². The van der Waals surface area contributed by atoms with Crippen LogP contribution < -0.4 is 5.32 Å². The van der Waals surface area contributed by atoms with Gasteiger partial charge in [0.1, 0.15) is 5.75 Å². The van der Waals surface area contributed by atoms with Gasteiger partial charge in [0.05, 0.1) is 11.8 Å². The van der Waals surface area contributed by atoms with Gasteiger partial charge in [0, 0.05) is 23.9 Å². The molecule has 6 rings (SSSR count). The molecule has 0 bridgehead atoms. The summed E-state index contributed by atoms with van der Waals surface area (Å²) >= 11 is 14.1. The zero-order chi connectivity index (χ0) is 24.2. The number of amides is 4. The fourth-order valence-electron chi connectivity index (χ4n) is 6.51. The zero-order valence-electron chi connectivity index (χ0n) is 18.0. The van der Waals surface area contributed by atoms with Crippen molar-refractivity contribution in [2.45, 2.75) is 28.5 Å². The highest BCUT2D eigenvalue weighted by atomic mass is 35.5. The average molecular weight is 499 g/mol. The number of benzene rings is 2. The number of nitrogens with zero attached hydrogens (tertiary/aromatic N) is 1. The minimum Gasteiger partial charge on any atom is -0.507 e. The van der Waals surface area contributed by atoms with Crippen molar-refractivity contribution in [3.63, 3.8) is 0 Å². The Morgan fingerprint density at radius 3 is 2.50 bits per heavy atom. The molecule has 6 atom stereocenters. The fourth-order valence-corrected chi connectivity index (χ4v) is 7.52. The van der Waals surface area contributed by atoms with E-state index in [0.717, 1.165) is 10.3 Å². The average Bonchev–Trinajstić information content (AvgIpc) is 3.18. The van der Waals surface area contributed by atoms with Crippen molar-refractivity contribution in [3.05, 3.63) is 53.6 Å². The van der Waals surface area contributed by atoms with Gasteiger partial charge in [0.15, 0.2) is 9.75 Å². The molecule has 4 aliphatic rings. The molecule has 4 amide bonds. The molecule has 174 valence electrons. The molecule has 7 nitrogen and oxygen atoms in total. The molecule has 34 heavy (non-hydrogen) atoms. The number of likely N-dealkylation sites (tertiary alicyclic amines) is 1. The van der Waals surface area contributed by atoms with Crippen LogP contribution in [0.5, 0.6) is 5.75 Å². The number of alkyl halides is 2. The molecule has 2 heterocycles. The lowest BCUT2D eigenvalue weighted by atomic mass is 9.56. The Morgan fingerprint density at radius 2 is 1.74 bits per heavy atom. The van der Waals surface area contributed by atoms with Gasteiger partial charge in [0.2, 0.25) is 11.8 Å². The lowest BCUT2D eigenvalue weighted by Gasteiger charge is -2.50. The summed E-state index contributed by atoms with van der Waals surface area (Å²) in [7, 11) is 1.33. The van der Waals surface area contributed by atoms with Crippen LogP contribution in [0, 0.1) is 17.8 Å². The molecule has 2 aromatic carbocycles. The molecule has 0 radical (unpaired) electrons. The van der Waals surface area contributed by atoms with Crippen molar-refractivity contribution in [1.29, 1.82) is 0 Å². The lowest BCUT2D eigenvalue weighted by molar-refractivity contribution is -0.138. The van der Waals surface area contributed by atoms with E-state index in [0.29, 0.717) is 22.9 Å². The van der Waals surface area contributed by atoms with Crippen molar-refractivity contribution >= 4 is 57.6 Å². The predicted octanol–water partition coefficient (Wildman–Crippen LogP) is 2.82. The second-order valence-corrected chi connectivity index (χ2v) is 10.8. The monoisotopic (exact) mass is 498 g/mol. The number of fused-ring (bicyclic) bond motifs is 5. The number of phenolic OH excluding ortho intramolecular Hbond substituents is 1. The maximum Gasteiger partial charge on any atom is 0.253 e. The number of carbonyl (C=O) groups excluding carboxylic acids is 4. The van der Waals surface area contributed by atoms with Crippen molar-refractivity contribution in [1.82, 2.24) is 10.2 Å². The highest BCUT2D eigenvalue weighted by molar-refractivity contribution is 6.53. The fraction of sp³-hybridized carbons (Fsp3) is 0.360. The Bertz CT molecular complexity index is 1370. The molecule has 2 N–H and O–H groups in total. The summed E-state index contributed by atoms with van der Waals surface area (Å²) in [4.78, 5) is 49.2. The maximum absolute atomic E-state index is 13.5. The van der Waals surface area contributed by atoms with E-state index in [4.69, 9.17) is 23.2 Å². The molecule has 0 aromatic heterocycles. The number of aromatic hydroxyl groups is 1. The van der Waals surface area contributed by atoms with Gasteiger partial charge in [0.25, 0.3) is 11.8 Å². The second-order valence-electron chi connectivity index (χ2n) is 9.58. The quantitative estimate of drug-likeness (QED) is 0.357. The van der Waals surface area contributed by atoms with Crippen LogP contribution in [-0.2, 0) is 19.2 Å². The Kier molecular flexibility index (Phi) is 4.34. The summed E-state index contributed by atoms with van der Waals surface area (Å²) in [5, 5.41) is 15.1. The first-order chi connectivity index (χ1) is 16.1. The van der Waals surface area contributed by atoms with Crippen molar-refractivity contribution in [2.24, 2.45) is 17.8 Å². The molecule has 9 heteroatoms. The van der Waals surface area contributed by atoms with E-state index in [9.17, 15) is 24.3 Å². The highest BCUT2D eigenvalue weighted by Gasteiger charge is 2.75. The van der Waals surface area contributed by atoms with Crippen LogP contribution >= 0.6 is 23.2 Å². The van der Waals surface area contributed by atoms with E-state index in [2.05, 4.69) is 5.32 Å². The molecule has 2 aliphatic heterocycles. The van der Waals surface area contributed by atoms with Crippen LogP contribution in [-0.4, -0.2) is 50.4 Å². The molecule has 2 saturated heterocycles. The topological polar surface area (TPSA) is 104 Å². The largest absolute Gasteiger partial charge is 0.507 e. The summed E-state index contributed by atoms with van der Waals surface area (Å²) in [6.45, 7) is 0. The Hall–Kier alpha value is -2.90. The van der Waals surface area contributed by atoms with Crippen molar-refractivity contribution < 1.29 is 24.3 Å². The van der Waals surface area contributed by atoms with Crippen molar-refractivity contribution in [3.8, 4) is 5.75 Å². The third kappa shape index (κ3) is 2.39. The standard InChI is InChI=1S/C25H20Cl2N2O5/c1-29-22(33)24(26)10-16-13(8-9-14-17(16)21(32)28-20(14)31)18(25(24,27)23(29)34)15-7-6-11-4-2-3-5-12(11)19(15)30/h2-8,14,16-18,30H,9-10H2,1H3,(H,28,31,32)/t14-,16+,17-,18+,24+,25-/m0/s1.